The molecule has 0 aliphatic carbocycles. The number of benzene rings is 1. The Morgan fingerprint density at radius 3 is 2.31 bits per heavy atom. The minimum Gasteiger partial charge on any atom is -0.236 e. The molecule has 0 aliphatic rings. The van der Waals surface area contributed by atoms with Crippen molar-refractivity contribution in [2.24, 2.45) is 0 Å². The summed E-state index contributed by atoms with van der Waals surface area (Å²) in [6, 6.07) is 10.1. The van der Waals surface area contributed by atoms with Crippen molar-refractivity contribution in [3.05, 3.63) is 47.8 Å². The molecule has 0 saturated heterocycles. The topological polar surface area (TPSA) is 25.8 Å². The zero-order valence-corrected chi connectivity index (χ0v) is 9.94. The molecular formula is C14H16N2. The van der Waals surface area contributed by atoms with Crippen LogP contribution >= 0.6 is 0 Å². The van der Waals surface area contributed by atoms with Crippen molar-refractivity contribution in [2.45, 2.75) is 26.7 Å². The molecule has 0 N–H and O–H groups in total. The fraction of sp³-hybridized carbons (Fsp3) is 0.286. The van der Waals surface area contributed by atoms with Gasteiger partial charge in [-0.1, -0.05) is 44.2 Å². The van der Waals surface area contributed by atoms with Crippen molar-refractivity contribution >= 4 is 0 Å². The van der Waals surface area contributed by atoms with Crippen LogP contribution in [-0.2, 0) is 0 Å². The molecule has 0 saturated carbocycles. The van der Waals surface area contributed by atoms with Crippen molar-refractivity contribution in [3.63, 3.8) is 0 Å². The first-order valence-electron chi connectivity index (χ1n) is 5.57. The summed E-state index contributed by atoms with van der Waals surface area (Å²) in [5.74, 6) is 1.28. The van der Waals surface area contributed by atoms with E-state index in [2.05, 4.69) is 23.8 Å². The molecular weight excluding hydrogens is 196 g/mol. The number of aromatic nitrogens is 2. The Labute approximate surface area is 96.4 Å². The van der Waals surface area contributed by atoms with Gasteiger partial charge in [0.05, 0.1) is 0 Å². The van der Waals surface area contributed by atoms with Crippen molar-refractivity contribution in [1.29, 1.82) is 0 Å². The Morgan fingerprint density at radius 1 is 1.06 bits per heavy atom. The second kappa shape index (κ2) is 4.44. The van der Waals surface area contributed by atoms with E-state index in [1.807, 2.05) is 43.5 Å². The van der Waals surface area contributed by atoms with Gasteiger partial charge in [-0.05, 0) is 18.4 Å². The lowest BCUT2D eigenvalue weighted by Crippen LogP contribution is -1.99. The van der Waals surface area contributed by atoms with Crippen molar-refractivity contribution in [1.82, 2.24) is 9.97 Å². The first-order chi connectivity index (χ1) is 7.68. The quantitative estimate of drug-likeness (QED) is 0.760. The Balaban J connectivity index is 2.43. The van der Waals surface area contributed by atoms with E-state index in [1.165, 1.54) is 5.56 Å². The van der Waals surface area contributed by atoms with E-state index >= 15 is 0 Å². The zero-order chi connectivity index (χ0) is 11.5. The fourth-order valence-electron chi connectivity index (χ4n) is 1.77. The maximum Gasteiger partial charge on any atom is 0.159 e. The average molecular weight is 212 g/mol. The lowest BCUT2D eigenvalue weighted by molar-refractivity contribution is 0.830. The summed E-state index contributed by atoms with van der Waals surface area (Å²) in [5, 5.41) is 0. The van der Waals surface area contributed by atoms with E-state index in [0.717, 1.165) is 17.1 Å². The van der Waals surface area contributed by atoms with Crippen molar-refractivity contribution in [2.75, 3.05) is 0 Å². The maximum atomic E-state index is 4.55. The Hall–Kier alpha value is -1.70. The van der Waals surface area contributed by atoms with Gasteiger partial charge in [0.2, 0.25) is 0 Å². The minimum absolute atomic E-state index is 0.477. The first-order valence-corrected chi connectivity index (χ1v) is 5.57. The smallest absolute Gasteiger partial charge is 0.159 e. The molecule has 2 rings (SSSR count). The van der Waals surface area contributed by atoms with E-state index in [4.69, 9.17) is 0 Å². The Morgan fingerprint density at radius 2 is 1.75 bits per heavy atom. The maximum absolute atomic E-state index is 4.55. The molecule has 0 amide bonds. The van der Waals surface area contributed by atoms with Crippen LogP contribution in [0.2, 0.25) is 0 Å². The van der Waals surface area contributed by atoms with Gasteiger partial charge in [-0.3, -0.25) is 0 Å². The van der Waals surface area contributed by atoms with E-state index in [-0.39, 0.29) is 0 Å². The second-order valence-electron chi connectivity index (χ2n) is 4.26. The molecule has 1 aromatic carbocycles. The molecule has 0 radical (unpaired) electrons. The van der Waals surface area contributed by atoms with Crippen LogP contribution in [0.1, 0.15) is 31.0 Å². The SMILES string of the molecule is Cc1nc(-c2ccccc2)ncc1C(C)C. The van der Waals surface area contributed by atoms with Gasteiger partial charge in [-0.2, -0.15) is 0 Å². The number of hydrogen-bond acceptors (Lipinski definition) is 2. The molecule has 2 heteroatoms. The van der Waals surface area contributed by atoms with E-state index in [9.17, 15) is 0 Å². The van der Waals surface area contributed by atoms with E-state index in [0.29, 0.717) is 5.92 Å². The molecule has 0 spiro atoms. The molecule has 0 atom stereocenters. The van der Waals surface area contributed by atoms with Crippen LogP contribution in [0.5, 0.6) is 0 Å². The molecule has 1 aromatic heterocycles. The summed E-state index contributed by atoms with van der Waals surface area (Å²) in [5.41, 5.74) is 3.37. The van der Waals surface area contributed by atoms with Gasteiger partial charge in [0.1, 0.15) is 0 Å². The van der Waals surface area contributed by atoms with Gasteiger partial charge in [0, 0.05) is 17.5 Å². The summed E-state index contributed by atoms with van der Waals surface area (Å²) >= 11 is 0. The molecule has 0 aliphatic heterocycles. The van der Waals surface area contributed by atoms with Gasteiger partial charge in [-0.15, -0.1) is 0 Å². The van der Waals surface area contributed by atoms with Crippen molar-refractivity contribution < 1.29 is 0 Å². The highest BCUT2D eigenvalue weighted by molar-refractivity contribution is 5.54. The molecule has 0 fully saturated rings. The molecule has 82 valence electrons. The molecule has 1 heterocycles. The summed E-state index contributed by atoms with van der Waals surface area (Å²) in [6.07, 6.45) is 1.94. The van der Waals surface area contributed by atoms with Crippen LogP contribution in [0.4, 0.5) is 0 Å². The monoisotopic (exact) mass is 212 g/mol. The first kappa shape index (κ1) is 10.8. The van der Waals surface area contributed by atoms with Gasteiger partial charge in [0.15, 0.2) is 5.82 Å². The second-order valence-corrected chi connectivity index (χ2v) is 4.26. The highest BCUT2D eigenvalue weighted by Gasteiger charge is 2.07. The van der Waals surface area contributed by atoms with E-state index < -0.39 is 0 Å². The zero-order valence-electron chi connectivity index (χ0n) is 9.94. The standard InChI is InChI=1S/C14H16N2/c1-10(2)13-9-15-14(16-11(13)3)12-7-5-4-6-8-12/h4-10H,1-3H3. The van der Waals surface area contributed by atoms with Gasteiger partial charge >= 0.3 is 0 Å². The average Bonchev–Trinajstić information content (AvgIpc) is 2.29. The lowest BCUT2D eigenvalue weighted by atomic mass is 10.0. The third kappa shape index (κ3) is 2.11. The molecule has 2 aromatic rings. The fourth-order valence-corrected chi connectivity index (χ4v) is 1.77. The minimum atomic E-state index is 0.477. The Kier molecular flexibility index (Phi) is 3.00. The molecule has 16 heavy (non-hydrogen) atoms. The van der Waals surface area contributed by atoms with Gasteiger partial charge in [0.25, 0.3) is 0 Å². The van der Waals surface area contributed by atoms with Crippen LogP contribution < -0.4 is 0 Å². The predicted molar refractivity (Wildman–Crippen MR) is 66.3 cm³/mol. The summed E-state index contributed by atoms with van der Waals surface area (Å²) in [4.78, 5) is 8.97. The van der Waals surface area contributed by atoms with Crippen LogP contribution in [0.25, 0.3) is 11.4 Å². The van der Waals surface area contributed by atoms with E-state index in [1.54, 1.807) is 0 Å². The molecule has 2 nitrogen and oxygen atoms in total. The number of rotatable bonds is 2. The lowest BCUT2D eigenvalue weighted by Gasteiger charge is -2.09. The number of nitrogens with zero attached hydrogens (tertiary/aromatic N) is 2. The summed E-state index contributed by atoms with van der Waals surface area (Å²) in [7, 11) is 0. The van der Waals surface area contributed by atoms with Crippen LogP contribution in [0.3, 0.4) is 0 Å². The van der Waals surface area contributed by atoms with Crippen LogP contribution in [0.15, 0.2) is 36.5 Å². The largest absolute Gasteiger partial charge is 0.236 e. The number of aryl methyl sites for hydroxylation is 1. The third-order valence-corrected chi connectivity index (χ3v) is 2.67. The normalized spacial score (nSPS) is 10.8. The highest BCUT2D eigenvalue weighted by atomic mass is 14.9. The molecule has 0 unspecified atom stereocenters. The number of hydrogen-bond donors (Lipinski definition) is 0. The molecule has 0 bridgehead atoms. The van der Waals surface area contributed by atoms with Crippen LogP contribution in [0, 0.1) is 6.92 Å². The highest BCUT2D eigenvalue weighted by Crippen LogP contribution is 2.20. The third-order valence-electron chi connectivity index (χ3n) is 2.67. The summed E-state index contributed by atoms with van der Waals surface area (Å²) < 4.78 is 0. The summed E-state index contributed by atoms with van der Waals surface area (Å²) in [6.45, 7) is 6.37. The Bertz CT molecular complexity index is 475. The van der Waals surface area contributed by atoms with Crippen LogP contribution in [-0.4, -0.2) is 9.97 Å². The van der Waals surface area contributed by atoms with Gasteiger partial charge in [-0.25, -0.2) is 9.97 Å². The van der Waals surface area contributed by atoms with Crippen molar-refractivity contribution in [3.8, 4) is 11.4 Å². The van der Waals surface area contributed by atoms with Gasteiger partial charge < -0.3 is 0 Å². The predicted octanol–water partition coefficient (Wildman–Crippen LogP) is 3.58.